The number of rotatable bonds is 6. The van der Waals surface area contributed by atoms with Gasteiger partial charge in [-0.05, 0) is 30.9 Å². The van der Waals surface area contributed by atoms with E-state index in [1.807, 2.05) is 18.2 Å². The third-order valence-electron chi connectivity index (χ3n) is 3.54. The summed E-state index contributed by atoms with van der Waals surface area (Å²) in [6.07, 6.45) is 1.68. The van der Waals surface area contributed by atoms with Crippen molar-refractivity contribution >= 4 is 35.1 Å². The van der Waals surface area contributed by atoms with Gasteiger partial charge in [-0.2, -0.15) is 0 Å². The number of carbonyl (C=O) groups excluding carboxylic acids is 1. The molecule has 1 fully saturated rings. The van der Waals surface area contributed by atoms with Crippen LogP contribution in [0.1, 0.15) is 26.7 Å². The number of hydrogen-bond donors (Lipinski definition) is 2. The van der Waals surface area contributed by atoms with Crippen molar-refractivity contribution in [3.63, 3.8) is 0 Å². The number of nitrogens with one attached hydrogen (secondary N) is 1. The largest absolute Gasteiger partial charge is 0.391 e. The van der Waals surface area contributed by atoms with E-state index >= 15 is 0 Å². The number of aliphatic hydroxyl groups excluding tert-OH is 1. The predicted molar refractivity (Wildman–Crippen MR) is 92.8 cm³/mol. The minimum Gasteiger partial charge on any atom is -0.391 e. The summed E-state index contributed by atoms with van der Waals surface area (Å²) in [6.45, 7) is 4.51. The number of halogens is 1. The predicted octanol–water partition coefficient (Wildman–Crippen LogP) is 4.08. The fourth-order valence-electron chi connectivity index (χ4n) is 2.17. The molecule has 0 saturated heterocycles. The Bertz CT molecular complexity index is 535. The Labute approximate surface area is 141 Å². The molecule has 0 heterocycles. The number of thioether (sulfide) groups is 1. The highest BCUT2D eigenvalue weighted by Gasteiger charge is 2.31. The molecule has 6 heteroatoms. The maximum Gasteiger partial charge on any atom is 0.321 e. The molecule has 1 aromatic rings. The summed E-state index contributed by atoms with van der Waals surface area (Å²) in [5.41, 5.74) is 0.712. The first kappa shape index (κ1) is 17.4. The SMILES string of the molecule is CC(C)Sc1c(Cl)cccc1NC(=O)N(C)CC(O)C1CC1. The van der Waals surface area contributed by atoms with Crippen LogP contribution in [0, 0.1) is 5.92 Å². The van der Waals surface area contributed by atoms with Gasteiger partial charge in [0.15, 0.2) is 0 Å². The lowest BCUT2D eigenvalue weighted by molar-refractivity contribution is 0.117. The molecule has 0 aliphatic heterocycles. The Morgan fingerprint density at radius 2 is 2.18 bits per heavy atom. The minimum absolute atomic E-state index is 0.229. The monoisotopic (exact) mass is 342 g/mol. The van der Waals surface area contributed by atoms with Crippen LogP contribution in [-0.4, -0.2) is 41.0 Å². The van der Waals surface area contributed by atoms with E-state index in [9.17, 15) is 9.90 Å². The van der Waals surface area contributed by atoms with Crippen LogP contribution in [0.4, 0.5) is 10.5 Å². The van der Waals surface area contributed by atoms with Crippen LogP contribution in [0.25, 0.3) is 0 Å². The van der Waals surface area contributed by atoms with Gasteiger partial charge in [-0.15, -0.1) is 11.8 Å². The van der Waals surface area contributed by atoms with Crippen molar-refractivity contribution in [2.75, 3.05) is 18.9 Å². The van der Waals surface area contributed by atoms with Gasteiger partial charge in [0, 0.05) is 23.7 Å². The van der Waals surface area contributed by atoms with Crippen LogP contribution in [0.3, 0.4) is 0 Å². The van der Waals surface area contributed by atoms with Gasteiger partial charge in [0.05, 0.1) is 16.8 Å². The molecule has 2 amide bonds. The Morgan fingerprint density at radius 3 is 2.77 bits per heavy atom. The zero-order valence-electron chi connectivity index (χ0n) is 13.2. The minimum atomic E-state index is -0.431. The molecule has 0 bridgehead atoms. The van der Waals surface area contributed by atoms with E-state index < -0.39 is 6.10 Å². The number of anilines is 1. The summed E-state index contributed by atoms with van der Waals surface area (Å²) in [6, 6.07) is 5.26. The van der Waals surface area contributed by atoms with Crippen molar-refractivity contribution in [2.45, 2.75) is 42.9 Å². The molecule has 4 nitrogen and oxygen atoms in total. The molecule has 1 aromatic carbocycles. The second-order valence-electron chi connectivity index (χ2n) is 6.00. The number of nitrogens with zero attached hydrogens (tertiary/aromatic N) is 1. The Balaban J connectivity index is 2.02. The first-order chi connectivity index (χ1) is 10.4. The van der Waals surface area contributed by atoms with Crippen LogP contribution in [0.15, 0.2) is 23.1 Å². The van der Waals surface area contributed by atoms with Gasteiger partial charge in [0.2, 0.25) is 0 Å². The van der Waals surface area contributed by atoms with E-state index in [4.69, 9.17) is 11.6 Å². The van der Waals surface area contributed by atoms with E-state index in [0.29, 0.717) is 28.4 Å². The number of benzene rings is 1. The second-order valence-corrected chi connectivity index (χ2v) is 7.99. The molecule has 1 aliphatic carbocycles. The summed E-state index contributed by atoms with van der Waals surface area (Å²) < 4.78 is 0. The van der Waals surface area contributed by atoms with Crippen LogP contribution in [-0.2, 0) is 0 Å². The summed E-state index contributed by atoms with van der Waals surface area (Å²) in [5.74, 6) is 0.355. The van der Waals surface area contributed by atoms with E-state index in [-0.39, 0.29) is 6.03 Å². The summed E-state index contributed by atoms with van der Waals surface area (Å²) in [7, 11) is 1.70. The summed E-state index contributed by atoms with van der Waals surface area (Å²) in [5, 5.41) is 13.8. The first-order valence-corrected chi connectivity index (χ1v) is 8.79. The molecule has 1 saturated carbocycles. The molecule has 2 N–H and O–H groups in total. The zero-order chi connectivity index (χ0) is 16.3. The topological polar surface area (TPSA) is 52.6 Å². The van der Waals surface area contributed by atoms with Crippen LogP contribution < -0.4 is 5.32 Å². The van der Waals surface area contributed by atoms with Gasteiger partial charge < -0.3 is 15.3 Å². The third-order valence-corrected chi connectivity index (χ3v) is 5.11. The molecule has 0 radical (unpaired) electrons. The standard InChI is InChI=1S/C16H23ClN2O2S/c1-10(2)22-15-12(17)5-4-6-13(15)18-16(21)19(3)9-14(20)11-7-8-11/h4-6,10-11,14,20H,7-9H2,1-3H3,(H,18,21). The fraction of sp³-hybridized carbons (Fsp3) is 0.562. The van der Waals surface area contributed by atoms with Gasteiger partial charge in [-0.1, -0.05) is 31.5 Å². The average Bonchev–Trinajstić information content (AvgIpc) is 3.26. The van der Waals surface area contributed by atoms with Gasteiger partial charge in [-0.25, -0.2) is 4.79 Å². The smallest absolute Gasteiger partial charge is 0.321 e. The molecule has 1 aliphatic rings. The maximum atomic E-state index is 12.3. The normalized spacial score (nSPS) is 15.7. The fourth-order valence-corrected chi connectivity index (χ4v) is 3.37. The molecule has 1 unspecified atom stereocenters. The van der Waals surface area contributed by atoms with E-state index in [0.717, 1.165) is 17.7 Å². The highest BCUT2D eigenvalue weighted by molar-refractivity contribution is 8.00. The highest BCUT2D eigenvalue weighted by Crippen LogP contribution is 2.37. The van der Waals surface area contributed by atoms with Crippen LogP contribution in [0.5, 0.6) is 0 Å². The molecular weight excluding hydrogens is 320 g/mol. The van der Waals surface area contributed by atoms with Crippen molar-refractivity contribution < 1.29 is 9.90 Å². The number of urea groups is 1. The van der Waals surface area contributed by atoms with Gasteiger partial charge in [0.1, 0.15) is 0 Å². The second kappa shape index (κ2) is 7.57. The lowest BCUT2D eigenvalue weighted by atomic mass is 10.2. The molecule has 1 atom stereocenters. The van der Waals surface area contributed by atoms with Crippen molar-refractivity contribution in [1.82, 2.24) is 4.90 Å². The van der Waals surface area contributed by atoms with Crippen LogP contribution >= 0.6 is 23.4 Å². The van der Waals surface area contributed by atoms with Crippen molar-refractivity contribution in [1.29, 1.82) is 0 Å². The number of likely N-dealkylation sites (N-methyl/N-ethyl adjacent to an activating group) is 1. The molecule has 2 rings (SSSR count). The molecular formula is C16H23ClN2O2S. The zero-order valence-corrected chi connectivity index (χ0v) is 14.7. The number of hydrogen-bond acceptors (Lipinski definition) is 3. The van der Waals surface area contributed by atoms with Crippen LogP contribution in [0.2, 0.25) is 5.02 Å². The Hall–Kier alpha value is -0.910. The summed E-state index contributed by atoms with van der Waals surface area (Å²) >= 11 is 7.86. The number of aliphatic hydroxyl groups is 1. The Kier molecular flexibility index (Phi) is 6.01. The molecule has 0 spiro atoms. The van der Waals surface area contributed by atoms with E-state index in [1.54, 1.807) is 18.8 Å². The number of carbonyl (C=O) groups is 1. The van der Waals surface area contributed by atoms with Gasteiger partial charge in [-0.3, -0.25) is 0 Å². The lowest BCUT2D eigenvalue weighted by Crippen LogP contribution is -2.38. The quantitative estimate of drug-likeness (QED) is 0.766. The van der Waals surface area contributed by atoms with E-state index in [1.165, 1.54) is 4.90 Å². The summed E-state index contributed by atoms with van der Waals surface area (Å²) in [4.78, 5) is 14.7. The van der Waals surface area contributed by atoms with E-state index in [2.05, 4.69) is 19.2 Å². The molecule has 0 aromatic heterocycles. The first-order valence-electron chi connectivity index (χ1n) is 7.53. The number of amides is 2. The van der Waals surface area contributed by atoms with Gasteiger partial charge >= 0.3 is 6.03 Å². The lowest BCUT2D eigenvalue weighted by Gasteiger charge is -2.22. The van der Waals surface area contributed by atoms with Crippen molar-refractivity contribution in [2.24, 2.45) is 5.92 Å². The average molecular weight is 343 g/mol. The Morgan fingerprint density at radius 1 is 1.50 bits per heavy atom. The van der Waals surface area contributed by atoms with Crippen molar-refractivity contribution in [3.8, 4) is 0 Å². The maximum absolute atomic E-state index is 12.3. The molecule has 22 heavy (non-hydrogen) atoms. The molecule has 122 valence electrons. The third kappa shape index (κ3) is 4.80. The highest BCUT2D eigenvalue weighted by atomic mass is 35.5. The van der Waals surface area contributed by atoms with Crippen molar-refractivity contribution in [3.05, 3.63) is 23.2 Å². The van der Waals surface area contributed by atoms with Gasteiger partial charge in [0.25, 0.3) is 0 Å².